The van der Waals surface area contributed by atoms with Gasteiger partial charge in [0.05, 0.1) is 12.6 Å². The van der Waals surface area contributed by atoms with Crippen LogP contribution in [0.2, 0.25) is 0 Å². The fourth-order valence-electron chi connectivity index (χ4n) is 1.46. The molecule has 0 bridgehead atoms. The number of aryl methyl sites for hydroxylation is 1. The topological polar surface area (TPSA) is 76.3 Å². The van der Waals surface area contributed by atoms with Crippen molar-refractivity contribution in [1.29, 1.82) is 0 Å². The zero-order valence-electron chi connectivity index (χ0n) is 12.9. The van der Waals surface area contributed by atoms with Crippen molar-refractivity contribution in [3.8, 4) is 0 Å². The van der Waals surface area contributed by atoms with Crippen LogP contribution in [0.3, 0.4) is 0 Å². The van der Waals surface area contributed by atoms with Crippen molar-refractivity contribution in [2.45, 2.75) is 46.7 Å². The quantitative estimate of drug-likeness (QED) is 0.730. The molecule has 0 aliphatic heterocycles. The van der Waals surface area contributed by atoms with Gasteiger partial charge in [-0.25, -0.2) is 8.42 Å². The second-order valence-electron chi connectivity index (χ2n) is 4.17. The Morgan fingerprint density at radius 2 is 1.70 bits per heavy atom. The van der Waals surface area contributed by atoms with Crippen LogP contribution >= 0.6 is 0 Å². The third-order valence-corrected chi connectivity index (χ3v) is 4.01. The van der Waals surface area contributed by atoms with Crippen molar-refractivity contribution < 1.29 is 45.7 Å². The standard InChI is InChI=1S/C9H19NO2S.C3H3N2O.Y/c1-6-8(3)10(9(4)7-2)13(5,11)12;1-3-4-2-6-5-3;/h6-9H,1-5H3;1H3;/q-2;-1;+3. The van der Waals surface area contributed by atoms with Crippen molar-refractivity contribution in [2.75, 3.05) is 6.26 Å². The number of rotatable bonds is 5. The van der Waals surface area contributed by atoms with E-state index in [9.17, 15) is 8.42 Å². The monoisotopic (exact) mass is 377 g/mol. The summed E-state index contributed by atoms with van der Waals surface area (Å²) in [7, 11) is -3.12. The van der Waals surface area contributed by atoms with Gasteiger partial charge in [0.1, 0.15) is 0 Å². The molecular formula is C12H22N3O3SY. The van der Waals surface area contributed by atoms with Crippen LogP contribution in [-0.2, 0) is 42.7 Å². The Labute approximate surface area is 147 Å². The van der Waals surface area contributed by atoms with Crippen LogP contribution in [0, 0.1) is 26.2 Å². The third-order valence-electron chi connectivity index (χ3n) is 2.58. The molecule has 0 fully saturated rings. The normalized spacial score (nSPS) is 13.9. The molecule has 1 rings (SSSR count). The summed E-state index contributed by atoms with van der Waals surface area (Å²) in [4.78, 5) is 3.51. The van der Waals surface area contributed by atoms with Crippen LogP contribution in [-0.4, -0.2) is 41.2 Å². The molecule has 8 heteroatoms. The van der Waals surface area contributed by atoms with E-state index in [0.717, 1.165) is 0 Å². The van der Waals surface area contributed by atoms with E-state index in [-0.39, 0.29) is 44.8 Å². The van der Waals surface area contributed by atoms with Crippen LogP contribution in [0.5, 0.6) is 0 Å². The van der Waals surface area contributed by atoms with Gasteiger partial charge in [-0.3, -0.25) is 4.31 Å². The number of hydrogen-bond acceptors (Lipinski definition) is 5. The Morgan fingerprint density at radius 1 is 1.25 bits per heavy atom. The molecule has 0 amide bonds. The summed E-state index contributed by atoms with van der Waals surface area (Å²) in [6, 6.07) is -0.109. The molecule has 2 atom stereocenters. The molecule has 1 aromatic rings. The Kier molecular flexibility index (Phi) is 12.1. The van der Waals surface area contributed by atoms with Crippen molar-refractivity contribution >= 4 is 10.0 Å². The van der Waals surface area contributed by atoms with E-state index >= 15 is 0 Å². The van der Waals surface area contributed by atoms with Gasteiger partial charge in [0.2, 0.25) is 10.0 Å². The first-order chi connectivity index (χ1) is 8.73. The predicted molar refractivity (Wildman–Crippen MR) is 73.4 cm³/mol. The Bertz CT molecular complexity index is 427. The fraction of sp³-hybridized carbons (Fsp3) is 0.667. The Morgan fingerprint density at radius 3 is 1.85 bits per heavy atom. The predicted octanol–water partition coefficient (Wildman–Crippen LogP) is 1.65. The Balaban J connectivity index is 0. The van der Waals surface area contributed by atoms with Gasteiger partial charge in [0.25, 0.3) is 0 Å². The van der Waals surface area contributed by atoms with Gasteiger partial charge >= 0.3 is 32.7 Å². The molecule has 1 aromatic heterocycles. The summed E-state index contributed by atoms with van der Waals surface area (Å²) >= 11 is 0. The molecule has 0 aliphatic carbocycles. The number of hydrogen-bond donors (Lipinski definition) is 0. The molecule has 20 heavy (non-hydrogen) atoms. The summed E-state index contributed by atoms with van der Waals surface area (Å²) < 4.78 is 28.6. The van der Waals surface area contributed by atoms with E-state index < -0.39 is 10.0 Å². The first kappa shape index (κ1) is 22.4. The SMILES string of the molecule is C[CH-]C(C)N(C(C)[CH-]C)S(C)(=O)=O.Cc1n[c-]on1.[Y+3]. The van der Waals surface area contributed by atoms with Crippen molar-refractivity contribution in [3.63, 3.8) is 0 Å². The molecular weight excluding hydrogens is 355 g/mol. The second-order valence-corrected chi connectivity index (χ2v) is 6.06. The minimum atomic E-state index is -3.12. The molecule has 2 unspecified atom stereocenters. The molecule has 0 spiro atoms. The van der Waals surface area contributed by atoms with Crippen LogP contribution in [0.15, 0.2) is 4.52 Å². The first-order valence-electron chi connectivity index (χ1n) is 5.97. The van der Waals surface area contributed by atoms with E-state index in [1.54, 1.807) is 6.92 Å². The maximum atomic E-state index is 11.4. The zero-order chi connectivity index (χ0) is 15.1. The smallest absolute Gasteiger partial charge is 0.459 e. The van der Waals surface area contributed by atoms with E-state index in [1.165, 1.54) is 10.6 Å². The summed E-state index contributed by atoms with van der Waals surface area (Å²) in [6.45, 7) is 9.22. The van der Waals surface area contributed by atoms with Gasteiger partial charge in [0.15, 0.2) is 0 Å². The van der Waals surface area contributed by atoms with Gasteiger partial charge in [-0.1, -0.05) is 20.8 Å². The van der Waals surface area contributed by atoms with Crippen LogP contribution in [0.1, 0.15) is 33.5 Å². The maximum Gasteiger partial charge on any atom is 3.00 e. The summed E-state index contributed by atoms with van der Waals surface area (Å²) in [5.41, 5.74) is 0. The number of aromatic nitrogens is 2. The summed E-state index contributed by atoms with van der Waals surface area (Å²) in [5.74, 6) is 0.620. The largest absolute Gasteiger partial charge is 3.00 e. The maximum absolute atomic E-state index is 11.4. The molecule has 0 saturated heterocycles. The van der Waals surface area contributed by atoms with Crippen LogP contribution < -0.4 is 0 Å². The van der Waals surface area contributed by atoms with Gasteiger partial charge in [-0.2, -0.15) is 19.0 Å². The summed E-state index contributed by atoms with van der Waals surface area (Å²) in [5, 5.41) is 3.38. The molecule has 112 valence electrons. The summed E-state index contributed by atoms with van der Waals surface area (Å²) in [6.07, 6.45) is 7.19. The first-order valence-corrected chi connectivity index (χ1v) is 7.82. The molecule has 0 aliphatic rings. The van der Waals surface area contributed by atoms with Crippen molar-refractivity contribution in [1.82, 2.24) is 14.4 Å². The van der Waals surface area contributed by atoms with Gasteiger partial charge in [-0.05, 0) is 0 Å². The average molecular weight is 377 g/mol. The van der Waals surface area contributed by atoms with Crippen molar-refractivity contribution in [2.24, 2.45) is 0 Å². The molecule has 0 aromatic carbocycles. The minimum absolute atomic E-state index is 0. The van der Waals surface area contributed by atoms with Crippen LogP contribution in [0.4, 0.5) is 0 Å². The minimum Gasteiger partial charge on any atom is -0.459 e. The van der Waals surface area contributed by atoms with Crippen LogP contribution in [0.25, 0.3) is 0 Å². The van der Waals surface area contributed by atoms with E-state index in [1.807, 2.05) is 40.5 Å². The van der Waals surface area contributed by atoms with E-state index in [0.29, 0.717) is 5.82 Å². The molecule has 0 N–H and O–H groups in total. The molecule has 0 radical (unpaired) electrons. The third kappa shape index (κ3) is 8.44. The molecule has 0 saturated carbocycles. The average Bonchev–Trinajstić information content (AvgIpc) is 2.79. The van der Waals surface area contributed by atoms with Gasteiger partial charge < -0.3 is 22.3 Å². The Hall–Kier alpha value is 0.154. The second kappa shape index (κ2) is 10.8. The number of nitrogens with zero attached hydrogens (tertiary/aromatic N) is 3. The fourth-order valence-corrected chi connectivity index (χ4v) is 2.91. The van der Waals surface area contributed by atoms with Gasteiger partial charge in [-0.15, -0.1) is 12.1 Å². The molecule has 6 nitrogen and oxygen atoms in total. The van der Waals surface area contributed by atoms with E-state index in [2.05, 4.69) is 21.1 Å². The zero-order valence-corrected chi connectivity index (χ0v) is 16.5. The number of sulfonamides is 1. The van der Waals surface area contributed by atoms with Gasteiger partial charge in [0, 0.05) is 5.82 Å². The van der Waals surface area contributed by atoms with E-state index in [4.69, 9.17) is 0 Å². The molecule has 1 heterocycles. The van der Waals surface area contributed by atoms with Crippen molar-refractivity contribution in [3.05, 3.63) is 25.1 Å².